The summed E-state index contributed by atoms with van der Waals surface area (Å²) in [6.45, 7) is 0.944. The van der Waals surface area contributed by atoms with Crippen molar-refractivity contribution in [3.05, 3.63) is 35.3 Å². The molecule has 0 aliphatic heterocycles. The fourth-order valence-corrected chi connectivity index (χ4v) is 1.79. The lowest BCUT2D eigenvalue weighted by atomic mass is 10.1. The van der Waals surface area contributed by atoms with Crippen LogP contribution in [0.3, 0.4) is 0 Å². The average molecular weight is 287 g/mol. The number of nitrogens with one attached hydrogen (secondary N) is 1. The number of furan rings is 1. The SMILES string of the molecule is Cc1c(C(=O)NCC(O)C(F)F)oc2c(F)cccc12. The largest absolute Gasteiger partial charge is 0.448 e. The number of alkyl halides is 2. The molecule has 7 heteroatoms. The molecular weight excluding hydrogens is 275 g/mol. The minimum Gasteiger partial charge on any atom is -0.448 e. The molecule has 1 atom stereocenters. The Balaban J connectivity index is 2.23. The molecule has 1 heterocycles. The van der Waals surface area contributed by atoms with Crippen molar-refractivity contribution in [2.24, 2.45) is 0 Å². The molecule has 0 saturated carbocycles. The zero-order chi connectivity index (χ0) is 14.9. The predicted molar refractivity (Wildman–Crippen MR) is 65.3 cm³/mol. The molecule has 20 heavy (non-hydrogen) atoms. The van der Waals surface area contributed by atoms with E-state index < -0.39 is 30.8 Å². The molecule has 0 aliphatic carbocycles. The predicted octanol–water partition coefficient (Wildman–Crippen LogP) is 2.24. The van der Waals surface area contributed by atoms with Gasteiger partial charge in [-0.25, -0.2) is 13.2 Å². The molecular formula is C13H12F3NO3. The number of carbonyl (C=O) groups is 1. The van der Waals surface area contributed by atoms with Crippen molar-refractivity contribution in [2.45, 2.75) is 19.5 Å². The Morgan fingerprint density at radius 1 is 1.45 bits per heavy atom. The van der Waals surface area contributed by atoms with E-state index in [0.29, 0.717) is 10.9 Å². The van der Waals surface area contributed by atoms with E-state index in [-0.39, 0.29) is 11.3 Å². The first kappa shape index (κ1) is 14.4. The van der Waals surface area contributed by atoms with E-state index >= 15 is 0 Å². The van der Waals surface area contributed by atoms with E-state index in [9.17, 15) is 18.0 Å². The molecule has 108 valence electrons. The first-order valence-electron chi connectivity index (χ1n) is 5.84. The van der Waals surface area contributed by atoms with Gasteiger partial charge < -0.3 is 14.8 Å². The number of carbonyl (C=O) groups excluding carboxylic acids is 1. The Kier molecular flexibility index (Phi) is 3.99. The Morgan fingerprint density at radius 2 is 2.15 bits per heavy atom. The summed E-state index contributed by atoms with van der Waals surface area (Å²) in [6, 6.07) is 4.25. The highest BCUT2D eigenvalue weighted by atomic mass is 19.3. The van der Waals surface area contributed by atoms with Crippen LogP contribution in [-0.2, 0) is 0 Å². The van der Waals surface area contributed by atoms with Crippen LogP contribution in [0.4, 0.5) is 13.2 Å². The molecule has 2 N–H and O–H groups in total. The van der Waals surface area contributed by atoms with Gasteiger partial charge in [-0.15, -0.1) is 0 Å². The number of hydrogen-bond donors (Lipinski definition) is 2. The highest BCUT2D eigenvalue weighted by molar-refractivity contribution is 5.99. The van der Waals surface area contributed by atoms with Crippen LogP contribution < -0.4 is 5.32 Å². The van der Waals surface area contributed by atoms with E-state index in [0.717, 1.165) is 0 Å². The number of para-hydroxylation sites is 1. The van der Waals surface area contributed by atoms with Crippen molar-refractivity contribution in [1.82, 2.24) is 5.32 Å². The summed E-state index contributed by atoms with van der Waals surface area (Å²) in [5.74, 6) is -1.55. The van der Waals surface area contributed by atoms with E-state index in [1.807, 2.05) is 0 Å². The lowest BCUT2D eigenvalue weighted by Crippen LogP contribution is -2.35. The molecule has 2 aromatic rings. The van der Waals surface area contributed by atoms with Crippen molar-refractivity contribution in [2.75, 3.05) is 6.54 Å². The van der Waals surface area contributed by atoms with Crippen molar-refractivity contribution < 1.29 is 27.5 Å². The van der Waals surface area contributed by atoms with E-state index in [2.05, 4.69) is 5.32 Å². The molecule has 1 aromatic carbocycles. The molecule has 0 radical (unpaired) electrons. The number of aliphatic hydroxyl groups is 1. The lowest BCUT2D eigenvalue weighted by Gasteiger charge is -2.09. The Labute approximate surface area is 112 Å². The minimum atomic E-state index is -2.95. The van der Waals surface area contributed by atoms with Crippen LogP contribution in [0, 0.1) is 12.7 Å². The second-order valence-electron chi connectivity index (χ2n) is 4.28. The summed E-state index contributed by atoms with van der Waals surface area (Å²) in [5.41, 5.74) is 0.341. The normalized spacial score (nSPS) is 12.9. The first-order chi connectivity index (χ1) is 9.41. The number of aliphatic hydroxyl groups excluding tert-OH is 1. The van der Waals surface area contributed by atoms with Crippen molar-refractivity contribution in [3.63, 3.8) is 0 Å². The number of aryl methyl sites for hydroxylation is 1. The van der Waals surface area contributed by atoms with Gasteiger partial charge in [0.1, 0.15) is 6.10 Å². The van der Waals surface area contributed by atoms with Crippen LogP contribution >= 0.6 is 0 Å². The smallest absolute Gasteiger partial charge is 0.287 e. The van der Waals surface area contributed by atoms with E-state index in [1.165, 1.54) is 12.1 Å². The van der Waals surface area contributed by atoms with E-state index in [1.54, 1.807) is 13.0 Å². The molecule has 2 rings (SSSR count). The van der Waals surface area contributed by atoms with E-state index in [4.69, 9.17) is 9.52 Å². The monoisotopic (exact) mass is 287 g/mol. The maximum Gasteiger partial charge on any atom is 0.287 e. The third-order valence-corrected chi connectivity index (χ3v) is 2.88. The van der Waals surface area contributed by atoms with Gasteiger partial charge in [0.15, 0.2) is 17.2 Å². The van der Waals surface area contributed by atoms with Crippen LogP contribution in [0.5, 0.6) is 0 Å². The number of fused-ring (bicyclic) bond motifs is 1. The molecule has 0 spiro atoms. The quantitative estimate of drug-likeness (QED) is 0.906. The fourth-order valence-electron chi connectivity index (χ4n) is 1.79. The van der Waals surface area contributed by atoms with Gasteiger partial charge in [-0.3, -0.25) is 4.79 Å². The third kappa shape index (κ3) is 2.62. The Hall–Kier alpha value is -2.02. The molecule has 0 saturated heterocycles. The zero-order valence-electron chi connectivity index (χ0n) is 10.5. The molecule has 1 unspecified atom stereocenters. The van der Waals surface area contributed by atoms with Gasteiger partial charge in [-0.1, -0.05) is 12.1 Å². The molecule has 1 amide bonds. The average Bonchev–Trinajstić information content (AvgIpc) is 2.75. The van der Waals surface area contributed by atoms with Gasteiger partial charge in [0.05, 0.1) is 0 Å². The Morgan fingerprint density at radius 3 is 2.75 bits per heavy atom. The van der Waals surface area contributed by atoms with Gasteiger partial charge in [0, 0.05) is 17.5 Å². The summed E-state index contributed by atoms with van der Waals surface area (Å²) in [6.07, 6.45) is -4.91. The minimum absolute atomic E-state index is 0.0652. The van der Waals surface area contributed by atoms with Crippen LogP contribution in [0.25, 0.3) is 11.0 Å². The van der Waals surface area contributed by atoms with Crippen molar-refractivity contribution in [3.8, 4) is 0 Å². The standard InChI is InChI=1S/C13H12F3NO3/c1-6-7-3-2-4-8(14)11(7)20-10(6)13(19)17-5-9(18)12(15)16/h2-4,9,12,18H,5H2,1H3,(H,17,19). The summed E-state index contributed by atoms with van der Waals surface area (Å²) in [5, 5.41) is 11.5. The zero-order valence-corrected chi connectivity index (χ0v) is 10.5. The fraction of sp³-hybridized carbons (Fsp3) is 0.308. The maximum absolute atomic E-state index is 13.5. The Bertz CT molecular complexity index is 639. The summed E-state index contributed by atoms with van der Waals surface area (Å²) in [7, 11) is 0. The van der Waals surface area contributed by atoms with Crippen LogP contribution in [0.1, 0.15) is 16.1 Å². The van der Waals surface area contributed by atoms with Crippen molar-refractivity contribution >= 4 is 16.9 Å². The van der Waals surface area contributed by atoms with Gasteiger partial charge in [-0.05, 0) is 13.0 Å². The number of halogens is 3. The molecule has 4 nitrogen and oxygen atoms in total. The molecule has 1 aromatic heterocycles. The molecule has 0 aliphatic rings. The second-order valence-corrected chi connectivity index (χ2v) is 4.28. The summed E-state index contributed by atoms with van der Waals surface area (Å²) >= 11 is 0. The first-order valence-corrected chi connectivity index (χ1v) is 5.84. The second kappa shape index (κ2) is 5.54. The van der Waals surface area contributed by atoms with Crippen LogP contribution in [0.15, 0.2) is 22.6 Å². The number of rotatable bonds is 4. The highest BCUT2D eigenvalue weighted by Crippen LogP contribution is 2.27. The van der Waals surface area contributed by atoms with Crippen LogP contribution in [0.2, 0.25) is 0 Å². The van der Waals surface area contributed by atoms with Crippen LogP contribution in [-0.4, -0.2) is 30.1 Å². The summed E-state index contributed by atoms with van der Waals surface area (Å²) in [4.78, 5) is 11.8. The topological polar surface area (TPSA) is 62.5 Å². The molecule has 0 bridgehead atoms. The summed E-state index contributed by atoms with van der Waals surface area (Å²) < 4.78 is 42.8. The maximum atomic E-state index is 13.5. The van der Waals surface area contributed by atoms with Gasteiger partial charge >= 0.3 is 0 Å². The number of amides is 1. The lowest BCUT2D eigenvalue weighted by molar-refractivity contribution is -0.00283. The van der Waals surface area contributed by atoms with Crippen molar-refractivity contribution in [1.29, 1.82) is 0 Å². The number of hydrogen-bond acceptors (Lipinski definition) is 3. The van der Waals surface area contributed by atoms with Gasteiger partial charge in [0.25, 0.3) is 12.3 Å². The number of benzene rings is 1. The third-order valence-electron chi connectivity index (χ3n) is 2.88. The van der Waals surface area contributed by atoms with Gasteiger partial charge in [-0.2, -0.15) is 0 Å². The van der Waals surface area contributed by atoms with Gasteiger partial charge in [0.2, 0.25) is 0 Å². The molecule has 0 fully saturated rings. The highest BCUT2D eigenvalue weighted by Gasteiger charge is 2.22.